The van der Waals surface area contributed by atoms with Gasteiger partial charge in [-0.05, 0) is 59.8 Å². The molecule has 0 aliphatic heterocycles. The number of hydrogen-bond donors (Lipinski definition) is 1. The Kier molecular flexibility index (Phi) is 3.03. The normalized spacial score (nSPS) is 29.9. The monoisotopic (exact) mass is 266 g/mol. The second-order valence-corrected chi connectivity index (χ2v) is 6.79. The van der Waals surface area contributed by atoms with Crippen LogP contribution in [0, 0.1) is 17.8 Å². The van der Waals surface area contributed by atoms with Crippen LogP contribution in [0.2, 0.25) is 0 Å². The molecule has 1 N–H and O–H groups in total. The van der Waals surface area contributed by atoms with Crippen LogP contribution in [0.25, 0.3) is 10.8 Å². The minimum Gasteiger partial charge on any atom is -0.392 e. The van der Waals surface area contributed by atoms with Crippen molar-refractivity contribution in [1.82, 2.24) is 0 Å². The van der Waals surface area contributed by atoms with Crippen molar-refractivity contribution < 1.29 is 5.11 Å². The third-order valence-corrected chi connectivity index (χ3v) is 5.55. The van der Waals surface area contributed by atoms with Crippen LogP contribution in [0.5, 0.6) is 0 Å². The highest BCUT2D eigenvalue weighted by Crippen LogP contribution is 2.49. The zero-order valence-electron chi connectivity index (χ0n) is 11.8. The van der Waals surface area contributed by atoms with Crippen molar-refractivity contribution in [2.45, 2.75) is 38.2 Å². The number of benzene rings is 2. The number of rotatable bonds is 3. The summed E-state index contributed by atoms with van der Waals surface area (Å²) in [4.78, 5) is 0. The molecule has 20 heavy (non-hydrogen) atoms. The van der Waals surface area contributed by atoms with Crippen molar-refractivity contribution in [2.24, 2.45) is 17.8 Å². The molecule has 1 heteroatoms. The fourth-order valence-corrected chi connectivity index (χ4v) is 4.52. The van der Waals surface area contributed by atoms with Gasteiger partial charge in [0.2, 0.25) is 0 Å². The molecule has 0 aromatic heterocycles. The highest BCUT2D eigenvalue weighted by molar-refractivity contribution is 5.82. The fraction of sp³-hybridized carbons (Fsp3) is 0.474. The summed E-state index contributed by atoms with van der Waals surface area (Å²) in [5.41, 5.74) is 1.28. The maximum absolute atomic E-state index is 10.6. The Bertz CT molecular complexity index is 618. The van der Waals surface area contributed by atoms with Gasteiger partial charge in [0.15, 0.2) is 0 Å². The molecule has 0 spiro atoms. The first-order valence-corrected chi connectivity index (χ1v) is 7.95. The van der Waals surface area contributed by atoms with Crippen LogP contribution in [0.15, 0.2) is 42.5 Å². The molecule has 2 bridgehead atoms. The molecule has 104 valence electrons. The predicted molar refractivity (Wildman–Crippen MR) is 82.6 cm³/mol. The lowest BCUT2D eigenvalue weighted by molar-refractivity contribution is 0.0751. The molecule has 4 rings (SSSR count). The van der Waals surface area contributed by atoms with Crippen molar-refractivity contribution in [2.75, 3.05) is 0 Å². The van der Waals surface area contributed by atoms with E-state index in [2.05, 4.69) is 42.5 Å². The summed E-state index contributed by atoms with van der Waals surface area (Å²) in [5, 5.41) is 13.2. The molecule has 4 atom stereocenters. The van der Waals surface area contributed by atoms with Gasteiger partial charge in [-0.1, -0.05) is 48.9 Å². The SMILES string of the molecule is OC(Cc1ccc2ccccc2c1)C1CC2CCC1C2. The Morgan fingerprint density at radius 1 is 1.00 bits per heavy atom. The van der Waals surface area contributed by atoms with Crippen LogP contribution in [-0.2, 0) is 6.42 Å². The summed E-state index contributed by atoms with van der Waals surface area (Å²) in [5.74, 6) is 2.27. The van der Waals surface area contributed by atoms with Gasteiger partial charge in [0.25, 0.3) is 0 Å². The average molecular weight is 266 g/mol. The number of fused-ring (bicyclic) bond motifs is 3. The highest BCUT2D eigenvalue weighted by Gasteiger charge is 2.42. The van der Waals surface area contributed by atoms with E-state index in [0.29, 0.717) is 5.92 Å². The van der Waals surface area contributed by atoms with Crippen LogP contribution in [0.3, 0.4) is 0 Å². The van der Waals surface area contributed by atoms with Gasteiger partial charge >= 0.3 is 0 Å². The quantitative estimate of drug-likeness (QED) is 0.883. The first-order chi connectivity index (χ1) is 9.79. The van der Waals surface area contributed by atoms with Gasteiger partial charge in [0.05, 0.1) is 6.10 Å². The standard InChI is InChI=1S/C19H22O/c20-19(18-11-13-6-8-17(18)10-13)12-14-5-7-15-3-1-2-4-16(15)9-14/h1-5,7,9,13,17-20H,6,8,10-12H2. The smallest absolute Gasteiger partial charge is 0.0611 e. The van der Waals surface area contributed by atoms with Crippen molar-refractivity contribution in [3.63, 3.8) is 0 Å². The summed E-state index contributed by atoms with van der Waals surface area (Å²) < 4.78 is 0. The molecule has 2 aliphatic rings. The fourth-order valence-electron chi connectivity index (χ4n) is 4.52. The molecule has 4 unspecified atom stereocenters. The zero-order valence-corrected chi connectivity index (χ0v) is 11.8. The van der Waals surface area contributed by atoms with E-state index in [1.807, 2.05) is 0 Å². The second kappa shape index (κ2) is 4.89. The Morgan fingerprint density at radius 3 is 2.60 bits per heavy atom. The summed E-state index contributed by atoms with van der Waals surface area (Å²) >= 11 is 0. The molecule has 2 aliphatic carbocycles. The minimum absolute atomic E-state index is 0.147. The first kappa shape index (κ1) is 12.4. The number of aliphatic hydroxyl groups excluding tert-OH is 1. The minimum atomic E-state index is -0.147. The Labute approximate surface area is 120 Å². The highest BCUT2D eigenvalue weighted by atomic mass is 16.3. The largest absolute Gasteiger partial charge is 0.392 e. The summed E-state index contributed by atoms with van der Waals surface area (Å²) in [6.07, 6.45) is 6.07. The zero-order chi connectivity index (χ0) is 13.5. The maximum Gasteiger partial charge on any atom is 0.0611 e. The van der Waals surface area contributed by atoms with Crippen molar-refractivity contribution in [3.8, 4) is 0 Å². The molecule has 0 amide bonds. The number of aliphatic hydroxyl groups is 1. The molecule has 1 nitrogen and oxygen atoms in total. The Balaban J connectivity index is 1.52. The van der Waals surface area contributed by atoms with E-state index in [9.17, 15) is 5.11 Å². The lowest BCUT2D eigenvalue weighted by Crippen LogP contribution is -2.27. The molecule has 2 saturated carbocycles. The van der Waals surface area contributed by atoms with Crippen LogP contribution in [0.4, 0.5) is 0 Å². The predicted octanol–water partition coefficient (Wildman–Crippen LogP) is 4.18. The van der Waals surface area contributed by atoms with Crippen LogP contribution < -0.4 is 0 Å². The Morgan fingerprint density at radius 2 is 1.85 bits per heavy atom. The van der Waals surface area contributed by atoms with Gasteiger partial charge < -0.3 is 5.11 Å². The van der Waals surface area contributed by atoms with Crippen LogP contribution >= 0.6 is 0 Å². The van der Waals surface area contributed by atoms with Gasteiger partial charge in [-0.25, -0.2) is 0 Å². The first-order valence-electron chi connectivity index (χ1n) is 7.95. The molecule has 0 saturated heterocycles. The van der Waals surface area contributed by atoms with E-state index in [1.165, 1.54) is 42.0 Å². The van der Waals surface area contributed by atoms with E-state index in [1.54, 1.807) is 0 Å². The molecule has 2 aromatic rings. The van der Waals surface area contributed by atoms with Crippen LogP contribution in [-0.4, -0.2) is 11.2 Å². The van der Waals surface area contributed by atoms with Gasteiger partial charge in [-0.15, -0.1) is 0 Å². The van der Waals surface area contributed by atoms with E-state index in [-0.39, 0.29) is 6.10 Å². The summed E-state index contributed by atoms with van der Waals surface area (Å²) in [7, 11) is 0. The average Bonchev–Trinajstić information content (AvgIpc) is 3.10. The third-order valence-electron chi connectivity index (χ3n) is 5.55. The molecule has 0 radical (unpaired) electrons. The Hall–Kier alpha value is -1.34. The van der Waals surface area contributed by atoms with Crippen molar-refractivity contribution in [3.05, 3.63) is 48.0 Å². The molecule has 2 fully saturated rings. The van der Waals surface area contributed by atoms with E-state index in [4.69, 9.17) is 0 Å². The topological polar surface area (TPSA) is 20.2 Å². The van der Waals surface area contributed by atoms with Gasteiger partial charge in [-0.2, -0.15) is 0 Å². The summed E-state index contributed by atoms with van der Waals surface area (Å²) in [6, 6.07) is 15.1. The van der Waals surface area contributed by atoms with Gasteiger partial charge in [0, 0.05) is 0 Å². The second-order valence-electron chi connectivity index (χ2n) is 6.79. The van der Waals surface area contributed by atoms with Gasteiger partial charge in [0.1, 0.15) is 0 Å². The molecule has 2 aromatic carbocycles. The summed E-state index contributed by atoms with van der Waals surface area (Å²) in [6.45, 7) is 0. The number of hydrogen-bond acceptors (Lipinski definition) is 1. The third kappa shape index (κ3) is 2.14. The molecular formula is C19H22O. The van der Waals surface area contributed by atoms with Gasteiger partial charge in [-0.3, -0.25) is 0 Å². The molecule has 0 heterocycles. The molecular weight excluding hydrogens is 244 g/mol. The van der Waals surface area contributed by atoms with E-state index >= 15 is 0 Å². The lowest BCUT2D eigenvalue weighted by atomic mass is 9.82. The van der Waals surface area contributed by atoms with E-state index < -0.39 is 0 Å². The van der Waals surface area contributed by atoms with E-state index in [0.717, 1.165) is 18.3 Å². The van der Waals surface area contributed by atoms with Crippen molar-refractivity contribution in [1.29, 1.82) is 0 Å². The van der Waals surface area contributed by atoms with Crippen LogP contribution in [0.1, 0.15) is 31.2 Å². The lowest BCUT2D eigenvalue weighted by Gasteiger charge is -2.26. The van der Waals surface area contributed by atoms with Crippen molar-refractivity contribution >= 4 is 10.8 Å². The maximum atomic E-state index is 10.6.